The van der Waals surface area contributed by atoms with Crippen LogP contribution in [0.4, 0.5) is 5.69 Å². The van der Waals surface area contributed by atoms with Crippen LogP contribution in [0.5, 0.6) is 5.75 Å². The van der Waals surface area contributed by atoms with Crippen LogP contribution in [-0.4, -0.2) is 42.3 Å². The molecule has 1 aromatic carbocycles. The summed E-state index contributed by atoms with van der Waals surface area (Å²) in [7, 11) is 0. The molecule has 0 bridgehead atoms. The Labute approximate surface area is 115 Å². The molecular weight excluding hydrogens is 262 g/mol. The fourth-order valence-corrected chi connectivity index (χ4v) is 1.79. The average Bonchev–Trinajstić information content (AvgIpc) is 2.40. The highest BCUT2D eigenvalue weighted by atomic mass is 16.5. The van der Waals surface area contributed by atoms with Crippen LogP contribution in [0.25, 0.3) is 0 Å². The summed E-state index contributed by atoms with van der Waals surface area (Å²) in [4.78, 5) is 35.3. The van der Waals surface area contributed by atoms with Gasteiger partial charge in [0.15, 0.2) is 0 Å². The van der Waals surface area contributed by atoms with Crippen molar-refractivity contribution in [3.8, 4) is 5.75 Å². The van der Waals surface area contributed by atoms with E-state index in [9.17, 15) is 14.4 Å². The molecular formula is C13H15N3O4. The van der Waals surface area contributed by atoms with Crippen LogP contribution >= 0.6 is 0 Å². The first-order valence-corrected chi connectivity index (χ1v) is 6.13. The number of hydrogen-bond donors (Lipinski definition) is 2. The minimum atomic E-state index is -0.464. The predicted molar refractivity (Wildman–Crippen MR) is 70.7 cm³/mol. The van der Waals surface area contributed by atoms with E-state index in [2.05, 4.69) is 5.32 Å². The summed E-state index contributed by atoms with van der Waals surface area (Å²) < 4.78 is 5.39. The van der Waals surface area contributed by atoms with Crippen molar-refractivity contribution in [2.75, 3.05) is 25.4 Å². The molecule has 7 nitrogen and oxygen atoms in total. The van der Waals surface area contributed by atoms with E-state index in [1.165, 1.54) is 4.90 Å². The number of nitrogens with two attached hydrogens (primary N) is 1. The lowest BCUT2D eigenvalue weighted by Crippen LogP contribution is -2.53. The smallest absolute Gasteiger partial charge is 0.246 e. The summed E-state index contributed by atoms with van der Waals surface area (Å²) in [5.74, 6) is -0.605. The third kappa shape index (κ3) is 3.71. The molecule has 1 aliphatic heterocycles. The zero-order valence-corrected chi connectivity index (χ0v) is 10.8. The second kappa shape index (κ2) is 6.05. The van der Waals surface area contributed by atoms with Crippen LogP contribution in [0.2, 0.25) is 0 Å². The van der Waals surface area contributed by atoms with Crippen molar-refractivity contribution in [3.63, 3.8) is 0 Å². The molecule has 1 heterocycles. The number of amides is 3. The Morgan fingerprint density at radius 1 is 1.20 bits per heavy atom. The highest BCUT2D eigenvalue weighted by Crippen LogP contribution is 2.13. The predicted octanol–water partition coefficient (Wildman–Crippen LogP) is -0.477. The summed E-state index contributed by atoms with van der Waals surface area (Å²) in [6, 6.07) is 6.81. The monoisotopic (exact) mass is 277 g/mol. The average molecular weight is 277 g/mol. The van der Waals surface area contributed by atoms with Gasteiger partial charge in [-0.05, 0) is 24.3 Å². The lowest BCUT2D eigenvalue weighted by Gasteiger charge is -2.25. The van der Waals surface area contributed by atoms with Crippen LogP contribution in [0, 0.1) is 0 Å². The molecule has 0 saturated carbocycles. The summed E-state index contributed by atoms with van der Waals surface area (Å²) in [5, 5.41) is 2.14. The van der Waals surface area contributed by atoms with Gasteiger partial charge in [0, 0.05) is 5.69 Å². The molecule has 3 amide bonds. The first-order valence-electron chi connectivity index (χ1n) is 6.13. The second-order valence-electron chi connectivity index (χ2n) is 4.39. The van der Waals surface area contributed by atoms with Crippen molar-refractivity contribution in [1.29, 1.82) is 0 Å². The maximum atomic E-state index is 11.8. The molecule has 106 valence electrons. The molecule has 3 N–H and O–H groups in total. The molecule has 0 atom stereocenters. The van der Waals surface area contributed by atoms with Crippen molar-refractivity contribution in [1.82, 2.24) is 10.2 Å². The first kappa shape index (κ1) is 13.9. The Hall–Kier alpha value is -2.57. The van der Waals surface area contributed by atoms with Gasteiger partial charge in [0.25, 0.3) is 0 Å². The normalized spacial score (nSPS) is 14.9. The number of nitrogen functional groups attached to an aromatic ring is 1. The van der Waals surface area contributed by atoms with E-state index in [1.807, 2.05) is 0 Å². The number of carbonyl (C=O) groups is 3. The van der Waals surface area contributed by atoms with Gasteiger partial charge < -0.3 is 15.4 Å². The number of ether oxygens (including phenoxy) is 1. The molecule has 20 heavy (non-hydrogen) atoms. The van der Waals surface area contributed by atoms with Gasteiger partial charge in [-0.25, -0.2) is 0 Å². The summed E-state index contributed by atoms with van der Waals surface area (Å²) >= 11 is 0. The van der Waals surface area contributed by atoms with Crippen molar-refractivity contribution in [2.24, 2.45) is 0 Å². The van der Waals surface area contributed by atoms with Crippen LogP contribution in [0.1, 0.15) is 6.42 Å². The highest BCUT2D eigenvalue weighted by Gasteiger charge is 2.25. The van der Waals surface area contributed by atoms with Gasteiger partial charge >= 0.3 is 0 Å². The van der Waals surface area contributed by atoms with E-state index in [4.69, 9.17) is 10.5 Å². The number of hydrogen-bond acceptors (Lipinski definition) is 5. The van der Waals surface area contributed by atoms with Crippen LogP contribution in [-0.2, 0) is 14.4 Å². The fourth-order valence-electron chi connectivity index (χ4n) is 1.79. The first-order chi connectivity index (χ1) is 9.54. The quantitative estimate of drug-likeness (QED) is 0.572. The Balaban J connectivity index is 1.78. The molecule has 0 spiro atoms. The van der Waals surface area contributed by atoms with Gasteiger partial charge in [0.1, 0.15) is 18.8 Å². The number of piperazine rings is 1. The number of rotatable bonds is 4. The van der Waals surface area contributed by atoms with Gasteiger partial charge in [0.05, 0.1) is 13.0 Å². The Bertz CT molecular complexity index is 511. The molecule has 2 rings (SSSR count). The third-order valence-corrected chi connectivity index (χ3v) is 2.77. The fraction of sp³-hybridized carbons (Fsp3) is 0.308. The van der Waals surface area contributed by atoms with E-state index >= 15 is 0 Å². The molecule has 0 radical (unpaired) electrons. The Morgan fingerprint density at radius 2 is 1.80 bits per heavy atom. The highest BCUT2D eigenvalue weighted by molar-refractivity contribution is 6.02. The van der Waals surface area contributed by atoms with E-state index in [0.29, 0.717) is 11.4 Å². The number of carbonyl (C=O) groups excluding carboxylic acids is 3. The Morgan fingerprint density at radius 3 is 2.40 bits per heavy atom. The largest absolute Gasteiger partial charge is 0.493 e. The summed E-state index contributed by atoms with van der Waals surface area (Å²) in [6.45, 7) is -0.00600. The maximum absolute atomic E-state index is 11.8. The summed E-state index contributed by atoms with van der Waals surface area (Å²) in [5.41, 5.74) is 6.17. The number of nitrogens with one attached hydrogen (secondary N) is 1. The molecule has 0 aliphatic carbocycles. The zero-order valence-electron chi connectivity index (χ0n) is 10.8. The molecule has 0 aromatic heterocycles. The van der Waals surface area contributed by atoms with Gasteiger partial charge in [-0.1, -0.05) is 0 Å². The molecule has 7 heteroatoms. The number of benzene rings is 1. The maximum Gasteiger partial charge on any atom is 0.246 e. The van der Waals surface area contributed by atoms with Crippen molar-refractivity contribution in [2.45, 2.75) is 6.42 Å². The van der Waals surface area contributed by atoms with E-state index < -0.39 is 11.8 Å². The van der Waals surface area contributed by atoms with Crippen LogP contribution in [0.15, 0.2) is 24.3 Å². The van der Waals surface area contributed by atoms with Crippen LogP contribution in [0.3, 0.4) is 0 Å². The van der Waals surface area contributed by atoms with Crippen molar-refractivity contribution in [3.05, 3.63) is 24.3 Å². The molecule has 1 aliphatic rings. The third-order valence-electron chi connectivity index (χ3n) is 2.77. The van der Waals surface area contributed by atoms with Gasteiger partial charge in [-0.15, -0.1) is 0 Å². The second-order valence-corrected chi connectivity index (χ2v) is 4.39. The van der Waals surface area contributed by atoms with E-state index in [0.717, 1.165) is 0 Å². The Kier molecular flexibility index (Phi) is 4.19. The zero-order chi connectivity index (χ0) is 14.5. The van der Waals surface area contributed by atoms with Crippen molar-refractivity contribution < 1.29 is 19.1 Å². The van der Waals surface area contributed by atoms with Crippen molar-refractivity contribution >= 4 is 23.4 Å². The summed E-state index contributed by atoms with van der Waals surface area (Å²) in [6.07, 6.45) is 0.102. The van der Waals surface area contributed by atoms with Gasteiger partial charge in [-0.3, -0.25) is 19.7 Å². The van der Waals surface area contributed by atoms with E-state index in [-0.39, 0.29) is 32.0 Å². The molecule has 1 saturated heterocycles. The minimum Gasteiger partial charge on any atom is -0.493 e. The number of nitrogens with zero attached hydrogens (tertiary/aromatic N) is 1. The molecule has 0 unspecified atom stereocenters. The minimum absolute atomic E-state index is 0.0908. The number of anilines is 1. The lowest BCUT2D eigenvalue weighted by molar-refractivity contribution is -0.145. The standard InChI is InChI=1S/C13H15N3O4/c14-9-1-3-10(4-2-9)20-6-5-13(19)16-7-11(17)15-12(18)8-16/h1-4H,5-8,14H2,(H,15,17,18). The SMILES string of the molecule is Nc1ccc(OCCC(=O)N2CC(=O)NC(=O)C2)cc1. The van der Waals surface area contributed by atoms with Gasteiger partial charge in [-0.2, -0.15) is 0 Å². The topological polar surface area (TPSA) is 102 Å². The lowest BCUT2D eigenvalue weighted by atomic mass is 10.3. The molecule has 1 aromatic rings. The van der Waals surface area contributed by atoms with Gasteiger partial charge in [0.2, 0.25) is 17.7 Å². The van der Waals surface area contributed by atoms with Crippen LogP contribution < -0.4 is 15.8 Å². The molecule has 1 fully saturated rings. The number of imide groups is 1. The van der Waals surface area contributed by atoms with E-state index in [1.54, 1.807) is 24.3 Å².